The van der Waals surface area contributed by atoms with Crippen molar-refractivity contribution in [3.05, 3.63) is 47.9 Å². The fourth-order valence-corrected chi connectivity index (χ4v) is 4.15. The van der Waals surface area contributed by atoms with E-state index in [2.05, 4.69) is 10.2 Å². The molecule has 0 saturated carbocycles. The number of anilines is 1. The van der Waals surface area contributed by atoms with Gasteiger partial charge in [0.2, 0.25) is 10.0 Å². The highest BCUT2D eigenvalue weighted by Crippen LogP contribution is 2.23. The highest BCUT2D eigenvalue weighted by molar-refractivity contribution is 7.89. The van der Waals surface area contributed by atoms with Crippen LogP contribution in [0, 0.1) is 17.5 Å². The minimum atomic E-state index is -4.13. The zero-order valence-corrected chi connectivity index (χ0v) is 13.9. The second-order valence-corrected chi connectivity index (χ2v) is 7.47. The molecule has 0 atom stereocenters. The summed E-state index contributed by atoms with van der Waals surface area (Å²) in [7, 11) is -4.13. The summed E-state index contributed by atoms with van der Waals surface area (Å²) in [5.74, 6) is -4.13. The molecule has 1 aromatic heterocycles. The Bertz CT molecular complexity index is 841. The Kier molecular flexibility index (Phi) is 4.91. The van der Waals surface area contributed by atoms with E-state index in [1.54, 1.807) is 12.1 Å². The van der Waals surface area contributed by atoms with Crippen molar-refractivity contribution < 1.29 is 21.6 Å². The molecule has 134 valence electrons. The molecule has 1 aromatic carbocycles. The maximum atomic E-state index is 13.4. The molecule has 0 N–H and O–H groups in total. The van der Waals surface area contributed by atoms with Gasteiger partial charge in [-0.3, -0.25) is 0 Å². The minimum absolute atomic E-state index is 0.111. The third kappa shape index (κ3) is 3.59. The van der Waals surface area contributed by atoms with Crippen LogP contribution in [-0.2, 0) is 10.0 Å². The predicted molar refractivity (Wildman–Crippen MR) is 83.9 cm³/mol. The minimum Gasteiger partial charge on any atom is -0.354 e. The van der Waals surface area contributed by atoms with Gasteiger partial charge in [-0.2, -0.15) is 9.40 Å². The Labute approximate surface area is 142 Å². The van der Waals surface area contributed by atoms with Crippen molar-refractivity contribution in [3.63, 3.8) is 0 Å². The van der Waals surface area contributed by atoms with E-state index in [0.29, 0.717) is 37.5 Å². The summed E-state index contributed by atoms with van der Waals surface area (Å²) in [6, 6.07) is 4.49. The quantitative estimate of drug-likeness (QED) is 0.769. The van der Waals surface area contributed by atoms with Crippen molar-refractivity contribution in [1.82, 2.24) is 14.5 Å². The van der Waals surface area contributed by atoms with Crippen LogP contribution in [-0.4, -0.2) is 49.1 Å². The standard InChI is InChI=1S/C15H15F3N4O2S/c16-12-9-11(10-13(17)15(12)18)25(23,24)22-6-2-5-21(7-8-22)14-3-1-4-19-20-14/h1,3-4,9-10H,2,5-8H2. The molecule has 3 rings (SSSR count). The van der Waals surface area contributed by atoms with Crippen LogP contribution in [0.2, 0.25) is 0 Å². The van der Waals surface area contributed by atoms with E-state index in [-0.39, 0.29) is 13.1 Å². The number of rotatable bonds is 3. The van der Waals surface area contributed by atoms with Crippen molar-refractivity contribution in [2.45, 2.75) is 11.3 Å². The first kappa shape index (κ1) is 17.6. The second-order valence-electron chi connectivity index (χ2n) is 5.53. The highest BCUT2D eigenvalue weighted by atomic mass is 32.2. The van der Waals surface area contributed by atoms with Gasteiger partial charge in [0.05, 0.1) is 4.90 Å². The Balaban J connectivity index is 1.82. The van der Waals surface area contributed by atoms with Crippen molar-refractivity contribution in [3.8, 4) is 0 Å². The maximum Gasteiger partial charge on any atom is 0.243 e. The molecule has 0 aliphatic carbocycles. The van der Waals surface area contributed by atoms with E-state index in [9.17, 15) is 21.6 Å². The largest absolute Gasteiger partial charge is 0.354 e. The molecule has 25 heavy (non-hydrogen) atoms. The molecule has 1 aliphatic heterocycles. The lowest BCUT2D eigenvalue weighted by Gasteiger charge is -2.22. The SMILES string of the molecule is O=S(=O)(c1cc(F)c(F)c(F)c1)N1CCCN(c2cccnn2)CC1. The summed E-state index contributed by atoms with van der Waals surface area (Å²) in [5, 5.41) is 7.78. The third-order valence-corrected chi connectivity index (χ3v) is 5.81. The number of hydrogen-bond donors (Lipinski definition) is 0. The highest BCUT2D eigenvalue weighted by Gasteiger charge is 2.29. The van der Waals surface area contributed by atoms with Crippen LogP contribution in [0.25, 0.3) is 0 Å². The third-order valence-electron chi connectivity index (χ3n) is 3.93. The number of hydrogen-bond acceptors (Lipinski definition) is 5. The van der Waals surface area contributed by atoms with Crippen molar-refractivity contribution in [1.29, 1.82) is 0 Å². The number of halogens is 3. The topological polar surface area (TPSA) is 66.4 Å². The van der Waals surface area contributed by atoms with Crippen LogP contribution < -0.4 is 4.90 Å². The Morgan fingerprint density at radius 1 is 1.00 bits per heavy atom. The molecule has 1 aliphatic rings. The summed E-state index contributed by atoms with van der Waals surface area (Å²) < 4.78 is 66.2. The number of sulfonamides is 1. The molecule has 0 spiro atoms. The molecule has 2 heterocycles. The first-order valence-corrected chi connectivity index (χ1v) is 9.01. The van der Waals surface area contributed by atoms with Crippen LogP contribution in [0.15, 0.2) is 35.4 Å². The molecule has 1 fully saturated rings. The summed E-state index contributed by atoms with van der Waals surface area (Å²) in [4.78, 5) is 1.28. The molecular formula is C15H15F3N4O2S. The van der Waals surface area contributed by atoms with Crippen molar-refractivity contribution in [2.24, 2.45) is 0 Å². The Morgan fingerprint density at radius 2 is 1.72 bits per heavy atom. The predicted octanol–water partition coefficient (Wildman–Crippen LogP) is 1.79. The van der Waals surface area contributed by atoms with Gasteiger partial charge in [0, 0.05) is 32.4 Å². The first-order valence-electron chi connectivity index (χ1n) is 7.57. The molecule has 6 nitrogen and oxygen atoms in total. The molecule has 0 unspecified atom stereocenters. The lowest BCUT2D eigenvalue weighted by atomic mass is 10.3. The van der Waals surface area contributed by atoms with Gasteiger partial charge in [-0.15, -0.1) is 5.10 Å². The Hall–Kier alpha value is -2.20. The fraction of sp³-hybridized carbons (Fsp3) is 0.333. The number of aromatic nitrogens is 2. The monoisotopic (exact) mass is 372 g/mol. The smallest absolute Gasteiger partial charge is 0.243 e. The van der Waals surface area contributed by atoms with Gasteiger partial charge < -0.3 is 4.90 Å². The summed E-state index contributed by atoms with van der Waals surface area (Å²) in [6.45, 7) is 1.21. The normalized spacial score (nSPS) is 16.7. The summed E-state index contributed by atoms with van der Waals surface area (Å²) in [6.07, 6.45) is 2.04. The average molecular weight is 372 g/mol. The van der Waals surface area contributed by atoms with Gasteiger partial charge in [0.15, 0.2) is 23.3 Å². The number of nitrogens with zero attached hydrogens (tertiary/aromatic N) is 4. The molecule has 0 bridgehead atoms. The van der Waals surface area contributed by atoms with Gasteiger partial charge in [-0.25, -0.2) is 21.6 Å². The summed E-state index contributed by atoms with van der Waals surface area (Å²) in [5.41, 5.74) is 0. The lowest BCUT2D eigenvalue weighted by molar-refractivity contribution is 0.424. The lowest BCUT2D eigenvalue weighted by Crippen LogP contribution is -2.35. The maximum absolute atomic E-state index is 13.4. The van der Waals surface area contributed by atoms with Gasteiger partial charge in [-0.1, -0.05) is 0 Å². The van der Waals surface area contributed by atoms with Crippen LogP contribution in [0.1, 0.15) is 6.42 Å². The van der Waals surface area contributed by atoms with E-state index < -0.39 is 32.4 Å². The van der Waals surface area contributed by atoms with Gasteiger partial charge >= 0.3 is 0 Å². The van der Waals surface area contributed by atoms with E-state index in [0.717, 1.165) is 4.31 Å². The van der Waals surface area contributed by atoms with E-state index >= 15 is 0 Å². The van der Waals surface area contributed by atoms with Gasteiger partial charge in [0.25, 0.3) is 0 Å². The summed E-state index contributed by atoms with van der Waals surface area (Å²) >= 11 is 0. The zero-order chi connectivity index (χ0) is 18.0. The van der Waals surface area contributed by atoms with Gasteiger partial charge in [0.1, 0.15) is 0 Å². The van der Waals surface area contributed by atoms with Crippen LogP contribution in [0.3, 0.4) is 0 Å². The van der Waals surface area contributed by atoms with Crippen LogP contribution >= 0.6 is 0 Å². The molecular weight excluding hydrogens is 357 g/mol. The van der Waals surface area contributed by atoms with E-state index in [4.69, 9.17) is 0 Å². The van der Waals surface area contributed by atoms with Crippen molar-refractivity contribution >= 4 is 15.8 Å². The number of benzene rings is 1. The fourth-order valence-electron chi connectivity index (χ4n) is 2.66. The second kappa shape index (κ2) is 6.96. The Morgan fingerprint density at radius 3 is 2.36 bits per heavy atom. The van der Waals surface area contributed by atoms with Gasteiger partial charge in [-0.05, 0) is 30.7 Å². The zero-order valence-electron chi connectivity index (χ0n) is 13.1. The first-order chi connectivity index (χ1) is 11.9. The van der Waals surface area contributed by atoms with Crippen LogP contribution in [0.4, 0.5) is 19.0 Å². The van der Waals surface area contributed by atoms with E-state index in [1.807, 2.05) is 4.90 Å². The van der Waals surface area contributed by atoms with E-state index in [1.165, 1.54) is 6.20 Å². The average Bonchev–Trinajstić information content (AvgIpc) is 2.86. The van der Waals surface area contributed by atoms with Crippen molar-refractivity contribution in [2.75, 3.05) is 31.1 Å². The molecule has 2 aromatic rings. The molecule has 1 saturated heterocycles. The molecule has 0 amide bonds. The molecule has 0 radical (unpaired) electrons. The van der Waals surface area contributed by atoms with Crippen LogP contribution in [0.5, 0.6) is 0 Å². The molecule has 10 heteroatoms.